The number of nitrogens with one attached hydrogen (secondary N) is 1. The van der Waals surface area contributed by atoms with Crippen LogP contribution in [0.15, 0.2) is 33.7 Å². The van der Waals surface area contributed by atoms with E-state index in [1.807, 2.05) is 32.0 Å². The molecule has 8 nitrogen and oxygen atoms in total. The number of carbonyl (C=O) groups is 1. The fourth-order valence-corrected chi connectivity index (χ4v) is 7.63. The molecule has 1 aliphatic carbocycles. The first-order chi connectivity index (χ1) is 16.7. The molecule has 1 N–H and O–H groups in total. The molecule has 0 bridgehead atoms. The number of amides is 1. The highest BCUT2D eigenvalue weighted by Gasteiger charge is 2.35. The van der Waals surface area contributed by atoms with Gasteiger partial charge in [-0.1, -0.05) is 23.7 Å². The first-order valence-electron chi connectivity index (χ1n) is 12.1. The van der Waals surface area contributed by atoms with E-state index in [4.69, 9.17) is 4.52 Å². The molecule has 3 aromatic rings. The zero-order valence-electron chi connectivity index (χ0n) is 20.2. The number of rotatable bonds is 6. The third-order valence-corrected chi connectivity index (χ3v) is 10.4. The van der Waals surface area contributed by atoms with Crippen molar-refractivity contribution in [1.29, 1.82) is 0 Å². The minimum Gasteiger partial charge on any atom is -0.339 e. The van der Waals surface area contributed by atoms with Crippen LogP contribution in [0.4, 0.5) is 5.69 Å². The number of anilines is 1. The molecule has 2 fully saturated rings. The molecule has 1 saturated carbocycles. The van der Waals surface area contributed by atoms with E-state index in [0.717, 1.165) is 29.7 Å². The SMILES string of the molecule is Cc1cccc(NC(=O)C2CCCN(S(=O)(=O)c3cc(-c4noc(C5CCC5)n4)sc3C)C2)c1C. The number of nitrogens with zero attached hydrogens (tertiary/aromatic N) is 3. The fraction of sp³-hybridized carbons (Fsp3) is 0.480. The van der Waals surface area contributed by atoms with Gasteiger partial charge in [-0.15, -0.1) is 11.3 Å². The maximum atomic E-state index is 13.6. The summed E-state index contributed by atoms with van der Waals surface area (Å²) in [5.74, 6) is 0.845. The smallest absolute Gasteiger partial charge is 0.244 e. The number of aromatic nitrogens is 2. The maximum Gasteiger partial charge on any atom is 0.244 e. The summed E-state index contributed by atoms with van der Waals surface area (Å²) in [7, 11) is -3.76. The first-order valence-corrected chi connectivity index (χ1v) is 14.3. The van der Waals surface area contributed by atoms with Gasteiger partial charge in [0, 0.05) is 29.6 Å². The number of sulfonamides is 1. The first kappa shape index (κ1) is 24.1. The van der Waals surface area contributed by atoms with E-state index < -0.39 is 15.9 Å². The van der Waals surface area contributed by atoms with Crippen molar-refractivity contribution < 1.29 is 17.7 Å². The standard InChI is InChI=1S/C25H30N4O4S2/c1-15-7-4-11-20(16(15)2)26-24(30)19-10-6-12-29(14-19)35(31,32)22-13-21(34-17(22)3)23-27-25(33-28-23)18-8-5-9-18/h4,7,11,13,18-19H,5-6,8-10,12,14H2,1-3H3,(H,26,30). The predicted molar refractivity (Wildman–Crippen MR) is 135 cm³/mol. The average molecular weight is 515 g/mol. The van der Waals surface area contributed by atoms with Gasteiger partial charge in [-0.3, -0.25) is 4.79 Å². The molecule has 2 aromatic heterocycles. The Morgan fingerprint density at radius 2 is 1.97 bits per heavy atom. The highest BCUT2D eigenvalue weighted by molar-refractivity contribution is 7.89. The largest absolute Gasteiger partial charge is 0.339 e. The molecule has 0 spiro atoms. The van der Waals surface area contributed by atoms with Gasteiger partial charge in [-0.05, 0) is 69.7 Å². The molecule has 5 rings (SSSR count). The Morgan fingerprint density at radius 1 is 1.17 bits per heavy atom. The highest BCUT2D eigenvalue weighted by Crippen LogP contribution is 2.38. The van der Waals surface area contributed by atoms with Crippen molar-refractivity contribution in [3.8, 4) is 10.7 Å². The molecule has 0 radical (unpaired) electrons. The number of thiophene rings is 1. The lowest BCUT2D eigenvalue weighted by molar-refractivity contribution is -0.120. The Kier molecular flexibility index (Phi) is 6.54. The topological polar surface area (TPSA) is 105 Å². The van der Waals surface area contributed by atoms with Crippen LogP contribution < -0.4 is 5.32 Å². The number of aryl methyl sites for hydroxylation is 2. The summed E-state index contributed by atoms with van der Waals surface area (Å²) < 4.78 is 34.0. The van der Waals surface area contributed by atoms with Crippen LogP contribution in [0, 0.1) is 26.7 Å². The van der Waals surface area contributed by atoms with Gasteiger partial charge in [0.2, 0.25) is 27.6 Å². The van der Waals surface area contributed by atoms with Crippen molar-refractivity contribution in [2.45, 2.75) is 63.7 Å². The van der Waals surface area contributed by atoms with Crippen LogP contribution in [0.5, 0.6) is 0 Å². The number of hydrogen-bond donors (Lipinski definition) is 1. The van der Waals surface area contributed by atoms with Crippen molar-refractivity contribution in [3.05, 3.63) is 46.2 Å². The Bertz CT molecular complexity index is 1360. The van der Waals surface area contributed by atoms with E-state index in [9.17, 15) is 13.2 Å². The molecular weight excluding hydrogens is 484 g/mol. The Balaban J connectivity index is 1.32. The van der Waals surface area contributed by atoms with Crippen LogP contribution in [0.1, 0.15) is 59.9 Å². The minimum atomic E-state index is -3.76. The van der Waals surface area contributed by atoms with Gasteiger partial charge < -0.3 is 9.84 Å². The van der Waals surface area contributed by atoms with Crippen molar-refractivity contribution in [3.63, 3.8) is 0 Å². The van der Waals surface area contributed by atoms with Gasteiger partial charge in [0.25, 0.3) is 0 Å². The molecule has 186 valence electrons. The quantitative estimate of drug-likeness (QED) is 0.495. The van der Waals surface area contributed by atoms with Crippen molar-refractivity contribution in [1.82, 2.24) is 14.4 Å². The molecule has 1 aromatic carbocycles. The number of piperidine rings is 1. The Morgan fingerprint density at radius 3 is 2.71 bits per heavy atom. The van der Waals surface area contributed by atoms with Crippen LogP contribution in [0.3, 0.4) is 0 Å². The summed E-state index contributed by atoms with van der Waals surface area (Å²) in [6, 6.07) is 7.43. The summed E-state index contributed by atoms with van der Waals surface area (Å²) in [6.45, 7) is 6.33. The number of hydrogen-bond acceptors (Lipinski definition) is 7. The number of carbonyl (C=O) groups excluding carboxylic acids is 1. The van der Waals surface area contributed by atoms with Crippen molar-refractivity contribution in [2.24, 2.45) is 5.92 Å². The van der Waals surface area contributed by atoms with Crippen LogP contribution in [0.2, 0.25) is 0 Å². The molecule has 1 aliphatic heterocycles. The molecule has 1 unspecified atom stereocenters. The number of benzene rings is 1. The average Bonchev–Trinajstić information content (AvgIpc) is 3.43. The van der Waals surface area contributed by atoms with E-state index in [1.54, 1.807) is 13.0 Å². The highest BCUT2D eigenvalue weighted by atomic mass is 32.2. The van der Waals surface area contributed by atoms with Gasteiger partial charge >= 0.3 is 0 Å². The van der Waals surface area contributed by atoms with E-state index in [2.05, 4.69) is 15.5 Å². The maximum absolute atomic E-state index is 13.6. The summed E-state index contributed by atoms with van der Waals surface area (Å²) in [5, 5.41) is 7.09. The van der Waals surface area contributed by atoms with Gasteiger partial charge in [-0.2, -0.15) is 9.29 Å². The molecule has 1 amide bonds. The minimum absolute atomic E-state index is 0.142. The molecule has 3 heterocycles. The van der Waals surface area contributed by atoms with E-state index in [1.165, 1.54) is 22.1 Å². The van der Waals surface area contributed by atoms with E-state index in [0.29, 0.717) is 46.8 Å². The third kappa shape index (κ3) is 4.66. The molecule has 10 heteroatoms. The van der Waals surface area contributed by atoms with E-state index in [-0.39, 0.29) is 17.3 Å². The van der Waals surface area contributed by atoms with E-state index >= 15 is 0 Å². The van der Waals surface area contributed by atoms with Crippen LogP contribution in [0.25, 0.3) is 10.7 Å². The van der Waals surface area contributed by atoms with Crippen LogP contribution >= 0.6 is 11.3 Å². The zero-order chi connectivity index (χ0) is 24.7. The Labute approximate surface area is 209 Å². The zero-order valence-corrected chi connectivity index (χ0v) is 21.8. The third-order valence-electron chi connectivity index (χ3n) is 7.22. The second-order valence-electron chi connectivity index (χ2n) is 9.55. The molecule has 35 heavy (non-hydrogen) atoms. The van der Waals surface area contributed by atoms with Gasteiger partial charge in [-0.25, -0.2) is 8.42 Å². The lowest BCUT2D eigenvalue weighted by Crippen LogP contribution is -2.43. The second-order valence-corrected chi connectivity index (χ2v) is 12.7. The summed E-state index contributed by atoms with van der Waals surface area (Å²) in [5.41, 5.74) is 2.89. The summed E-state index contributed by atoms with van der Waals surface area (Å²) in [6.07, 6.45) is 4.57. The molecule has 1 atom stereocenters. The van der Waals surface area contributed by atoms with Crippen LogP contribution in [-0.2, 0) is 14.8 Å². The lowest BCUT2D eigenvalue weighted by Gasteiger charge is -2.31. The monoisotopic (exact) mass is 514 g/mol. The predicted octanol–water partition coefficient (Wildman–Crippen LogP) is 5.03. The molecule has 2 aliphatic rings. The van der Waals surface area contributed by atoms with Gasteiger partial charge in [0.05, 0.1) is 15.7 Å². The van der Waals surface area contributed by atoms with Crippen LogP contribution in [-0.4, -0.2) is 41.9 Å². The van der Waals surface area contributed by atoms with Crippen molar-refractivity contribution >= 4 is 33.0 Å². The molecule has 1 saturated heterocycles. The fourth-order valence-electron chi connectivity index (χ4n) is 4.62. The van der Waals surface area contributed by atoms with Crippen molar-refractivity contribution in [2.75, 3.05) is 18.4 Å². The second kappa shape index (κ2) is 9.48. The van der Waals surface area contributed by atoms with Gasteiger partial charge in [0.1, 0.15) is 0 Å². The molecular formula is C25H30N4O4S2. The summed E-state index contributed by atoms with van der Waals surface area (Å²) in [4.78, 5) is 19.1. The Hall–Kier alpha value is -2.56. The lowest BCUT2D eigenvalue weighted by atomic mass is 9.85. The normalized spacial score (nSPS) is 19.5. The van der Waals surface area contributed by atoms with Gasteiger partial charge in [0.15, 0.2) is 0 Å². The summed E-state index contributed by atoms with van der Waals surface area (Å²) >= 11 is 1.35.